The van der Waals surface area contributed by atoms with E-state index >= 15 is 0 Å². The lowest BCUT2D eigenvalue weighted by atomic mass is 9.87. The molecule has 1 aromatic rings. The summed E-state index contributed by atoms with van der Waals surface area (Å²) < 4.78 is 5.38. The first-order valence-electron chi connectivity index (χ1n) is 8.54. The van der Waals surface area contributed by atoms with Crippen LogP contribution in [0.4, 0.5) is 4.79 Å². The number of carbonyl (C=O) groups excluding carboxylic acids is 1. The van der Waals surface area contributed by atoms with Crippen molar-refractivity contribution in [1.82, 2.24) is 10.2 Å². The van der Waals surface area contributed by atoms with Gasteiger partial charge in [0.15, 0.2) is 0 Å². The van der Waals surface area contributed by atoms with E-state index in [0.29, 0.717) is 12.0 Å². The molecule has 0 radical (unpaired) electrons. The summed E-state index contributed by atoms with van der Waals surface area (Å²) in [7, 11) is 0. The van der Waals surface area contributed by atoms with Crippen LogP contribution in [0.15, 0.2) is 30.3 Å². The third kappa shape index (κ3) is 5.24. The Morgan fingerprint density at radius 1 is 1.26 bits per heavy atom. The quantitative estimate of drug-likeness (QED) is 0.921. The number of hydrogen-bond donors (Lipinski definition) is 1. The Bertz CT molecular complexity index is 510. The van der Waals surface area contributed by atoms with Crippen molar-refractivity contribution < 1.29 is 9.53 Å². The lowest BCUT2D eigenvalue weighted by Gasteiger charge is -2.43. The maximum atomic E-state index is 12.0. The molecule has 128 valence electrons. The van der Waals surface area contributed by atoms with E-state index in [-0.39, 0.29) is 12.1 Å². The molecule has 0 saturated carbocycles. The molecule has 3 unspecified atom stereocenters. The van der Waals surface area contributed by atoms with Gasteiger partial charge in [-0.2, -0.15) is 0 Å². The molecule has 0 aromatic heterocycles. The highest BCUT2D eigenvalue weighted by molar-refractivity contribution is 5.68. The number of benzene rings is 1. The summed E-state index contributed by atoms with van der Waals surface area (Å²) in [5, 5.41) is 3.05. The second-order valence-electron chi connectivity index (χ2n) is 7.60. The van der Waals surface area contributed by atoms with Crippen molar-refractivity contribution in [3.05, 3.63) is 35.9 Å². The standard InChI is InChI=1S/C19H30N2O2/c1-14-15(2)21(13-16-9-7-6-8-10-16)12-11-17(14)20-18(22)23-19(3,4)5/h6-10,14-15,17H,11-13H2,1-5H3,(H,20,22). The van der Waals surface area contributed by atoms with Gasteiger partial charge in [0, 0.05) is 25.2 Å². The minimum Gasteiger partial charge on any atom is -0.444 e. The second kappa shape index (κ2) is 7.35. The Labute approximate surface area is 140 Å². The van der Waals surface area contributed by atoms with Crippen molar-refractivity contribution in [2.24, 2.45) is 5.92 Å². The Balaban J connectivity index is 1.90. The van der Waals surface area contributed by atoms with E-state index in [0.717, 1.165) is 19.5 Å². The predicted molar refractivity (Wildman–Crippen MR) is 93.3 cm³/mol. The van der Waals surface area contributed by atoms with Gasteiger partial charge in [0.1, 0.15) is 5.60 Å². The van der Waals surface area contributed by atoms with Gasteiger partial charge in [-0.3, -0.25) is 4.90 Å². The van der Waals surface area contributed by atoms with Crippen LogP contribution in [0.25, 0.3) is 0 Å². The van der Waals surface area contributed by atoms with Crippen molar-refractivity contribution in [1.29, 1.82) is 0 Å². The maximum Gasteiger partial charge on any atom is 0.407 e. The molecule has 23 heavy (non-hydrogen) atoms. The van der Waals surface area contributed by atoms with Gasteiger partial charge in [0.25, 0.3) is 0 Å². The Hall–Kier alpha value is -1.55. The monoisotopic (exact) mass is 318 g/mol. The van der Waals surface area contributed by atoms with Gasteiger partial charge in [-0.25, -0.2) is 4.79 Å². The number of rotatable bonds is 3. The topological polar surface area (TPSA) is 41.6 Å². The SMILES string of the molecule is CC1C(NC(=O)OC(C)(C)C)CCN(Cc2ccccc2)C1C. The highest BCUT2D eigenvalue weighted by atomic mass is 16.6. The summed E-state index contributed by atoms with van der Waals surface area (Å²) >= 11 is 0. The van der Waals surface area contributed by atoms with Gasteiger partial charge in [-0.15, -0.1) is 0 Å². The summed E-state index contributed by atoms with van der Waals surface area (Å²) in [4.78, 5) is 14.5. The fourth-order valence-corrected chi connectivity index (χ4v) is 3.14. The lowest BCUT2D eigenvalue weighted by Crippen LogP contribution is -2.54. The number of carbonyl (C=O) groups is 1. The minimum absolute atomic E-state index is 0.173. The molecule has 1 aliphatic heterocycles. The van der Waals surface area contributed by atoms with E-state index < -0.39 is 5.60 Å². The van der Waals surface area contributed by atoms with E-state index in [1.807, 2.05) is 26.8 Å². The second-order valence-corrected chi connectivity index (χ2v) is 7.60. The first-order valence-corrected chi connectivity index (χ1v) is 8.54. The molecule has 4 heteroatoms. The number of amides is 1. The van der Waals surface area contributed by atoms with E-state index in [1.54, 1.807) is 0 Å². The van der Waals surface area contributed by atoms with Crippen molar-refractivity contribution in [3.63, 3.8) is 0 Å². The van der Waals surface area contributed by atoms with Crippen LogP contribution >= 0.6 is 0 Å². The van der Waals surface area contributed by atoms with E-state index in [4.69, 9.17) is 4.74 Å². The number of ether oxygens (including phenoxy) is 1. The summed E-state index contributed by atoms with van der Waals surface area (Å²) in [6.07, 6.45) is 0.649. The molecule has 1 aliphatic rings. The summed E-state index contributed by atoms with van der Waals surface area (Å²) in [6.45, 7) is 12.1. The third-order valence-corrected chi connectivity index (χ3v) is 4.63. The van der Waals surface area contributed by atoms with Gasteiger partial charge < -0.3 is 10.1 Å². The van der Waals surface area contributed by atoms with Crippen LogP contribution < -0.4 is 5.32 Å². The molecule has 1 saturated heterocycles. The van der Waals surface area contributed by atoms with E-state index in [2.05, 4.69) is 48.3 Å². The van der Waals surface area contributed by atoms with Crippen molar-refractivity contribution in [2.45, 2.75) is 65.3 Å². The van der Waals surface area contributed by atoms with Crippen molar-refractivity contribution in [3.8, 4) is 0 Å². The minimum atomic E-state index is -0.451. The van der Waals surface area contributed by atoms with Crippen LogP contribution in [0.1, 0.15) is 46.6 Å². The Morgan fingerprint density at radius 2 is 1.91 bits per heavy atom. The van der Waals surface area contributed by atoms with Crippen LogP contribution in [0.2, 0.25) is 0 Å². The van der Waals surface area contributed by atoms with Crippen LogP contribution in [-0.2, 0) is 11.3 Å². The molecule has 0 aliphatic carbocycles. The van der Waals surface area contributed by atoms with Crippen LogP contribution in [-0.4, -0.2) is 35.2 Å². The molecule has 2 rings (SSSR count). The zero-order valence-corrected chi connectivity index (χ0v) is 15.0. The highest BCUT2D eigenvalue weighted by Crippen LogP contribution is 2.25. The van der Waals surface area contributed by atoms with Gasteiger partial charge in [0.2, 0.25) is 0 Å². The molecule has 1 fully saturated rings. The molecule has 1 heterocycles. The molecule has 0 bridgehead atoms. The average molecular weight is 318 g/mol. The normalized spacial score (nSPS) is 25.9. The number of nitrogens with one attached hydrogen (secondary N) is 1. The summed E-state index contributed by atoms with van der Waals surface area (Å²) in [6, 6.07) is 11.1. The molecule has 1 aromatic carbocycles. The van der Waals surface area contributed by atoms with Crippen LogP contribution in [0, 0.1) is 5.92 Å². The number of hydrogen-bond acceptors (Lipinski definition) is 3. The molecule has 4 nitrogen and oxygen atoms in total. The smallest absolute Gasteiger partial charge is 0.407 e. The fourth-order valence-electron chi connectivity index (χ4n) is 3.14. The van der Waals surface area contributed by atoms with Crippen LogP contribution in [0.3, 0.4) is 0 Å². The fraction of sp³-hybridized carbons (Fsp3) is 0.632. The van der Waals surface area contributed by atoms with Crippen LogP contribution in [0.5, 0.6) is 0 Å². The van der Waals surface area contributed by atoms with Crippen molar-refractivity contribution >= 4 is 6.09 Å². The summed E-state index contributed by atoms with van der Waals surface area (Å²) in [5.41, 5.74) is 0.887. The molecular weight excluding hydrogens is 288 g/mol. The number of piperidine rings is 1. The van der Waals surface area contributed by atoms with E-state index in [1.165, 1.54) is 5.56 Å². The van der Waals surface area contributed by atoms with E-state index in [9.17, 15) is 4.79 Å². The first kappa shape index (κ1) is 17.8. The third-order valence-electron chi connectivity index (χ3n) is 4.63. The van der Waals surface area contributed by atoms with Gasteiger partial charge in [-0.1, -0.05) is 37.3 Å². The Morgan fingerprint density at radius 3 is 2.52 bits per heavy atom. The predicted octanol–water partition coefficient (Wildman–Crippen LogP) is 3.81. The maximum absolute atomic E-state index is 12.0. The average Bonchev–Trinajstić information content (AvgIpc) is 2.46. The number of nitrogens with zero attached hydrogens (tertiary/aromatic N) is 1. The van der Waals surface area contributed by atoms with Gasteiger partial charge >= 0.3 is 6.09 Å². The molecule has 1 amide bonds. The number of alkyl carbamates (subject to hydrolysis) is 1. The zero-order chi connectivity index (χ0) is 17.0. The van der Waals surface area contributed by atoms with Crippen molar-refractivity contribution in [2.75, 3.05) is 6.54 Å². The lowest BCUT2D eigenvalue weighted by molar-refractivity contribution is 0.0362. The van der Waals surface area contributed by atoms with Gasteiger partial charge in [0.05, 0.1) is 0 Å². The molecule has 1 N–H and O–H groups in total. The molecule has 0 spiro atoms. The largest absolute Gasteiger partial charge is 0.444 e. The molecular formula is C19H30N2O2. The Kier molecular flexibility index (Phi) is 5.69. The zero-order valence-electron chi connectivity index (χ0n) is 15.0. The highest BCUT2D eigenvalue weighted by Gasteiger charge is 2.34. The number of likely N-dealkylation sites (tertiary alicyclic amines) is 1. The van der Waals surface area contributed by atoms with Gasteiger partial charge in [-0.05, 0) is 45.6 Å². The summed E-state index contributed by atoms with van der Waals surface area (Å²) in [5.74, 6) is 0.389. The first-order chi connectivity index (χ1) is 10.8. The molecule has 3 atom stereocenters.